The number of nitrogens with zero attached hydrogens (tertiary/aromatic N) is 1. The Morgan fingerprint density at radius 1 is 1.35 bits per heavy atom. The van der Waals surface area contributed by atoms with Crippen LogP contribution in [0, 0.1) is 0 Å². The summed E-state index contributed by atoms with van der Waals surface area (Å²) >= 11 is 0. The highest BCUT2D eigenvalue weighted by Gasteiger charge is 2.15. The zero-order valence-electron chi connectivity index (χ0n) is 9.89. The summed E-state index contributed by atoms with van der Waals surface area (Å²) in [5, 5.41) is 8.63. The first-order chi connectivity index (χ1) is 7.91. The van der Waals surface area contributed by atoms with Crippen LogP contribution < -0.4 is 11.5 Å². The van der Waals surface area contributed by atoms with Gasteiger partial charge in [-0.1, -0.05) is 0 Å². The van der Waals surface area contributed by atoms with Gasteiger partial charge in [-0.2, -0.15) is 0 Å². The molecule has 0 aromatic carbocycles. The first kappa shape index (κ1) is 15.2. The van der Waals surface area contributed by atoms with Crippen molar-refractivity contribution in [2.75, 3.05) is 6.54 Å². The summed E-state index contributed by atoms with van der Waals surface area (Å²) < 4.78 is 4.88. The van der Waals surface area contributed by atoms with Crippen LogP contribution in [0.25, 0.3) is 0 Å². The molecule has 0 amide bonds. The monoisotopic (exact) mass is 245 g/mol. The van der Waals surface area contributed by atoms with Gasteiger partial charge in [-0.05, 0) is 19.3 Å². The number of aliphatic imine (C=N–C) groups is 1. The average molecular weight is 245 g/mol. The summed E-state index contributed by atoms with van der Waals surface area (Å²) in [6, 6.07) is 0. The third-order valence-electron chi connectivity index (χ3n) is 1.96. The normalized spacial score (nSPS) is 11.6. The van der Waals surface area contributed by atoms with Gasteiger partial charge in [0.1, 0.15) is 6.10 Å². The molecule has 0 aromatic rings. The number of aliphatic carboxylic acids is 1. The van der Waals surface area contributed by atoms with Crippen LogP contribution in [-0.2, 0) is 14.3 Å². The maximum Gasteiger partial charge on any atom is 0.307 e. The quantitative estimate of drug-likeness (QED) is 0.236. The van der Waals surface area contributed by atoms with E-state index in [1.54, 1.807) is 0 Å². The lowest BCUT2D eigenvalue weighted by molar-refractivity contribution is -0.151. The number of carbonyl (C=O) groups excluding carboxylic acids is 1. The van der Waals surface area contributed by atoms with E-state index in [0.29, 0.717) is 19.4 Å². The molecule has 0 heterocycles. The lowest BCUT2D eigenvalue weighted by atomic mass is 10.1. The molecule has 0 aliphatic heterocycles. The molecule has 0 aromatic heterocycles. The molecule has 0 saturated carbocycles. The van der Waals surface area contributed by atoms with Crippen LogP contribution in [0.2, 0.25) is 0 Å². The highest BCUT2D eigenvalue weighted by Crippen LogP contribution is 2.09. The van der Waals surface area contributed by atoms with Crippen molar-refractivity contribution in [3.8, 4) is 0 Å². The largest absolute Gasteiger partial charge is 0.481 e. The number of hydrogen-bond acceptors (Lipinski definition) is 4. The Morgan fingerprint density at radius 3 is 2.47 bits per heavy atom. The van der Waals surface area contributed by atoms with E-state index in [-0.39, 0.29) is 12.4 Å². The van der Waals surface area contributed by atoms with Crippen LogP contribution in [0.4, 0.5) is 0 Å². The lowest BCUT2D eigenvalue weighted by Gasteiger charge is -2.14. The van der Waals surface area contributed by atoms with Crippen molar-refractivity contribution in [3.05, 3.63) is 0 Å². The molecule has 5 N–H and O–H groups in total. The fourth-order valence-electron chi connectivity index (χ4n) is 1.32. The van der Waals surface area contributed by atoms with Crippen LogP contribution >= 0.6 is 0 Å². The highest BCUT2D eigenvalue weighted by molar-refractivity contribution is 5.75. The minimum absolute atomic E-state index is 0.0343. The summed E-state index contributed by atoms with van der Waals surface area (Å²) in [6.45, 7) is 1.75. The number of rotatable bonds is 8. The van der Waals surface area contributed by atoms with Gasteiger partial charge >= 0.3 is 11.9 Å². The number of esters is 1. The van der Waals surface area contributed by atoms with Gasteiger partial charge in [-0.15, -0.1) is 0 Å². The van der Waals surface area contributed by atoms with Crippen LogP contribution in [0.15, 0.2) is 4.99 Å². The summed E-state index contributed by atoms with van der Waals surface area (Å²) in [7, 11) is 0. The highest BCUT2D eigenvalue weighted by atomic mass is 16.5. The van der Waals surface area contributed by atoms with Crippen LogP contribution in [0.3, 0.4) is 0 Å². The van der Waals surface area contributed by atoms with Crippen LogP contribution in [-0.4, -0.2) is 35.7 Å². The second-order valence-corrected chi connectivity index (χ2v) is 3.63. The summed E-state index contributed by atoms with van der Waals surface area (Å²) in [5.41, 5.74) is 10.3. The Hall–Kier alpha value is -1.79. The molecule has 17 heavy (non-hydrogen) atoms. The molecule has 0 unspecified atom stereocenters. The van der Waals surface area contributed by atoms with Crippen molar-refractivity contribution in [3.63, 3.8) is 0 Å². The number of nitrogens with two attached hydrogens (primary N) is 2. The third-order valence-corrected chi connectivity index (χ3v) is 1.96. The molecule has 0 aliphatic carbocycles. The van der Waals surface area contributed by atoms with E-state index in [1.807, 2.05) is 0 Å². The minimum atomic E-state index is -0.986. The van der Waals surface area contributed by atoms with E-state index in [9.17, 15) is 9.59 Å². The molecule has 7 heteroatoms. The molecule has 0 saturated heterocycles. The molecule has 0 aliphatic rings. The SMILES string of the molecule is CC(=O)O[C@@H](CCCCN=C(N)N)CC(=O)O. The minimum Gasteiger partial charge on any atom is -0.481 e. The fourth-order valence-corrected chi connectivity index (χ4v) is 1.32. The summed E-state index contributed by atoms with van der Waals surface area (Å²) in [5.74, 6) is -1.42. The maximum absolute atomic E-state index is 10.7. The fraction of sp³-hybridized carbons (Fsp3) is 0.700. The molecule has 0 rings (SSSR count). The number of guanidine groups is 1. The maximum atomic E-state index is 10.7. The standard InChI is InChI=1S/C10H19N3O4/c1-7(14)17-8(6-9(15)16)4-2-3-5-13-10(11)12/h8H,2-6H2,1H3,(H,15,16)(H4,11,12,13)/t8-/m0/s1. The van der Waals surface area contributed by atoms with Crippen LogP contribution in [0.1, 0.15) is 32.6 Å². The predicted octanol–water partition coefficient (Wildman–Crippen LogP) is -0.163. The molecule has 7 nitrogen and oxygen atoms in total. The number of hydrogen-bond donors (Lipinski definition) is 3. The molecule has 0 bridgehead atoms. The number of carboxylic acids is 1. The first-order valence-electron chi connectivity index (χ1n) is 5.36. The smallest absolute Gasteiger partial charge is 0.307 e. The van der Waals surface area contributed by atoms with Crippen molar-refractivity contribution in [1.82, 2.24) is 0 Å². The van der Waals surface area contributed by atoms with Gasteiger partial charge in [0.25, 0.3) is 0 Å². The lowest BCUT2D eigenvalue weighted by Crippen LogP contribution is -2.23. The van der Waals surface area contributed by atoms with Crippen molar-refractivity contribution in [2.45, 2.75) is 38.7 Å². The van der Waals surface area contributed by atoms with E-state index in [4.69, 9.17) is 21.3 Å². The van der Waals surface area contributed by atoms with Gasteiger partial charge in [0.2, 0.25) is 0 Å². The topological polar surface area (TPSA) is 128 Å². The zero-order chi connectivity index (χ0) is 13.3. The van der Waals surface area contributed by atoms with E-state index < -0.39 is 18.0 Å². The first-order valence-corrected chi connectivity index (χ1v) is 5.36. The van der Waals surface area contributed by atoms with E-state index in [0.717, 1.165) is 6.42 Å². The van der Waals surface area contributed by atoms with E-state index in [1.165, 1.54) is 6.92 Å². The van der Waals surface area contributed by atoms with Gasteiger partial charge < -0.3 is 21.3 Å². The Bertz CT molecular complexity index is 271. The molecular weight excluding hydrogens is 226 g/mol. The number of carboxylic acid groups (broad SMARTS) is 1. The molecule has 0 fully saturated rings. The van der Waals surface area contributed by atoms with Gasteiger partial charge in [0, 0.05) is 13.5 Å². The average Bonchev–Trinajstić information content (AvgIpc) is 2.14. The molecule has 0 radical (unpaired) electrons. The Morgan fingerprint density at radius 2 is 2.00 bits per heavy atom. The number of ether oxygens (including phenoxy) is 1. The summed E-state index contributed by atoms with van der Waals surface area (Å²) in [6.07, 6.45) is 1.15. The van der Waals surface area contributed by atoms with Crippen molar-refractivity contribution < 1.29 is 19.4 Å². The molecule has 1 atom stereocenters. The van der Waals surface area contributed by atoms with E-state index >= 15 is 0 Å². The van der Waals surface area contributed by atoms with Gasteiger partial charge in [0.05, 0.1) is 6.42 Å². The third kappa shape index (κ3) is 10.5. The van der Waals surface area contributed by atoms with Gasteiger partial charge in [-0.3, -0.25) is 14.6 Å². The predicted molar refractivity (Wildman–Crippen MR) is 62.3 cm³/mol. The zero-order valence-corrected chi connectivity index (χ0v) is 9.89. The second kappa shape index (κ2) is 8.37. The van der Waals surface area contributed by atoms with Crippen molar-refractivity contribution in [1.29, 1.82) is 0 Å². The Labute approximate surface area is 99.8 Å². The molecule has 98 valence electrons. The molecular formula is C10H19N3O4. The van der Waals surface area contributed by atoms with Gasteiger partial charge in [0.15, 0.2) is 5.96 Å². The number of carbonyl (C=O) groups is 2. The molecule has 0 spiro atoms. The van der Waals surface area contributed by atoms with E-state index in [2.05, 4.69) is 4.99 Å². The second-order valence-electron chi connectivity index (χ2n) is 3.63. The Kier molecular flexibility index (Phi) is 7.49. The number of unbranched alkanes of at least 4 members (excludes halogenated alkanes) is 1. The van der Waals surface area contributed by atoms with Crippen LogP contribution in [0.5, 0.6) is 0 Å². The van der Waals surface area contributed by atoms with Crippen molar-refractivity contribution in [2.24, 2.45) is 16.5 Å². The Balaban J connectivity index is 3.87. The van der Waals surface area contributed by atoms with Crippen molar-refractivity contribution >= 4 is 17.9 Å². The van der Waals surface area contributed by atoms with Gasteiger partial charge in [-0.25, -0.2) is 0 Å². The summed E-state index contributed by atoms with van der Waals surface area (Å²) in [4.78, 5) is 25.1.